The number of carboxylic acid groups (broad SMARTS) is 1. The Kier molecular flexibility index (Phi) is 6.19. The second kappa shape index (κ2) is 7.41. The molecular formula is C14H14CaO3. The Morgan fingerprint density at radius 1 is 1.00 bits per heavy atom. The summed E-state index contributed by atoms with van der Waals surface area (Å²) in [7, 11) is 0. The van der Waals surface area contributed by atoms with Crippen molar-refractivity contribution >= 4 is 43.7 Å². The van der Waals surface area contributed by atoms with Crippen LogP contribution in [0.25, 0.3) is 0 Å². The molecule has 2 rings (SSSR count). The number of benzene rings is 2. The molecule has 0 fully saturated rings. The first kappa shape index (κ1) is 15.0. The third-order valence-corrected chi connectivity index (χ3v) is 2.35. The molecule has 0 amide bonds. The average molecular weight is 270 g/mol. The predicted octanol–water partition coefficient (Wildman–Crippen LogP) is 2.05. The first-order valence-corrected chi connectivity index (χ1v) is 5.26. The number of hydrogen-bond donors (Lipinski definition) is 1. The van der Waals surface area contributed by atoms with E-state index in [1.54, 1.807) is 12.1 Å². The maximum absolute atomic E-state index is 10.7. The normalized spacial score (nSPS) is 9.33. The fraction of sp³-hybridized carbons (Fsp3) is 0.0714. The Hall–Kier alpha value is -1.03. The van der Waals surface area contributed by atoms with Crippen molar-refractivity contribution in [2.75, 3.05) is 0 Å². The SMILES string of the molecule is O=C(O)c1ccc(OCc2ccccc2)cc1.[CaH2]. The monoisotopic (exact) mass is 270 g/mol. The molecule has 0 aromatic heterocycles. The van der Waals surface area contributed by atoms with Gasteiger partial charge >= 0.3 is 43.7 Å². The van der Waals surface area contributed by atoms with Gasteiger partial charge in [0.1, 0.15) is 12.4 Å². The van der Waals surface area contributed by atoms with Crippen LogP contribution in [0.3, 0.4) is 0 Å². The van der Waals surface area contributed by atoms with Gasteiger partial charge in [-0.2, -0.15) is 0 Å². The van der Waals surface area contributed by atoms with Crippen LogP contribution in [-0.4, -0.2) is 48.8 Å². The van der Waals surface area contributed by atoms with Gasteiger partial charge in [0, 0.05) is 0 Å². The molecule has 0 heterocycles. The summed E-state index contributed by atoms with van der Waals surface area (Å²) in [6.07, 6.45) is 0. The van der Waals surface area contributed by atoms with E-state index in [-0.39, 0.29) is 43.3 Å². The molecule has 0 spiro atoms. The van der Waals surface area contributed by atoms with Crippen LogP contribution in [0.2, 0.25) is 0 Å². The van der Waals surface area contributed by atoms with Crippen LogP contribution in [0.5, 0.6) is 5.75 Å². The van der Waals surface area contributed by atoms with E-state index in [4.69, 9.17) is 9.84 Å². The van der Waals surface area contributed by atoms with Crippen molar-refractivity contribution < 1.29 is 14.6 Å². The van der Waals surface area contributed by atoms with E-state index in [9.17, 15) is 4.79 Å². The molecule has 0 unspecified atom stereocenters. The van der Waals surface area contributed by atoms with E-state index in [1.807, 2.05) is 30.3 Å². The molecule has 0 aliphatic carbocycles. The Labute approximate surface area is 135 Å². The molecule has 90 valence electrons. The first-order chi connectivity index (χ1) is 8.25. The fourth-order valence-electron chi connectivity index (χ4n) is 1.43. The molecule has 0 aliphatic rings. The van der Waals surface area contributed by atoms with Crippen molar-refractivity contribution in [1.82, 2.24) is 0 Å². The van der Waals surface area contributed by atoms with Crippen LogP contribution in [0.15, 0.2) is 54.6 Å². The van der Waals surface area contributed by atoms with Crippen molar-refractivity contribution in [3.63, 3.8) is 0 Å². The molecule has 18 heavy (non-hydrogen) atoms. The third kappa shape index (κ3) is 4.33. The van der Waals surface area contributed by atoms with E-state index in [0.29, 0.717) is 12.4 Å². The van der Waals surface area contributed by atoms with Crippen LogP contribution in [0, 0.1) is 0 Å². The van der Waals surface area contributed by atoms with Gasteiger partial charge in [0.2, 0.25) is 0 Å². The molecule has 0 aliphatic heterocycles. The number of carbonyl (C=O) groups is 1. The molecular weight excluding hydrogens is 256 g/mol. The Bertz CT molecular complexity index is 494. The second-order valence-electron chi connectivity index (χ2n) is 3.60. The van der Waals surface area contributed by atoms with Gasteiger partial charge in [-0.1, -0.05) is 30.3 Å². The number of rotatable bonds is 4. The predicted molar refractivity (Wildman–Crippen MR) is 72.7 cm³/mol. The first-order valence-electron chi connectivity index (χ1n) is 5.26. The Morgan fingerprint density at radius 2 is 1.61 bits per heavy atom. The van der Waals surface area contributed by atoms with E-state index in [1.165, 1.54) is 12.1 Å². The van der Waals surface area contributed by atoms with Crippen LogP contribution < -0.4 is 4.74 Å². The van der Waals surface area contributed by atoms with Crippen LogP contribution in [0.1, 0.15) is 15.9 Å². The minimum atomic E-state index is -0.931. The number of hydrogen-bond acceptors (Lipinski definition) is 2. The van der Waals surface area contributed by atoms with Crippen LogP contribution in [-0.2, 0) is 6.61 Å². The van der Waals surface area contributed by atoms with Gasteiger partial charge < -0.3 is 9.84 Å². The van der Waals surface area contributed by atoms with E-state index < -0.39 is 5.97 Å². The van der Waals surface area contributed by atoms with Gasteiger partial charge in [0.25, 0.3) is 0 Å². The summed E-state index contributed by atoms with van der Waals surface area (Å²) in [5.41, 5.74) is 1.34. The molecule has 0 saturated carbocycles. The van der Waals surface area contributed by atoms with Gasteiger partial charge in [-0.3, -0.25) is 0 Å². The Morgan fingerprint density at radius 3 is 2.17 bits per heavy atom. The summed E-state index contributed by atoms with van der Waals surface area (Å²) in [6, 6.07) is 16.2. The zero-order valence-corrected chi connectivity index (χ0v) is 9.17. The molecule has 3 nitrogen and oxygen atoms in total. The van der Waals surface area contributed by atoms with Gasteiger partial charge in [0.15, 0.2) is 0 Å². The summed E-state index contributed by atoms with van der Waals surface area (Å²) < 4.78 is 5.53. The molecule has 2 aromatic rings. The van der Waals surface area contributed by atoms with Gasteiger partial charge in [-0.25, -0.2) is 4.79 Å². The minimum absolute atomic E-state index is 0. The van der Waals surface area contributed by atoms with Gasteiger partial charge in [-0.05, 0) is 29.8 Å². The molecule has 2 aromatic carbocycles. The summed E-state index contributed by atoms with van der Waals surface area (Å²) >= 11 is 0. The standard InChI is InChI=1S/C14H12O3.Ca.2H/c15-14(16)12-6-8-13(9-7-12)17-10-11-4-2-1-3-5-11;;;/h1-9H,10H2,(H,15,16);;;. The summed E-state index contributed by atoms with van der Waals surface area (Å²) in [5.74, 6) is -0.265. The van der Waals surface area contributed by atoms with E-state index in [2.05, 4.69) is 0 Å². The number of carboxylic acids is 1. The number of aromatic carboxylic acids is 1. The van der Waals surface area contributed by atoms with Crippen LogP contribution in [0.4, 0.5) is 0 Å². The molecule has 1 N–H and O–H groups in total. The number of ether oxygens (including phenoxy) is 1. The summed E-state index contributed by atoms with van der Waals surface area (Å²) in [4.78, 5) is 10.7. The van der Waals surface area contributed by atoms with Crippen molar-refractivity contribution in [3.05, 3.63) is 65.7 Å². The summed E-state index contributed by atoms with van der Waals surface area (Å²) in [5, 5.41) is 8.74. The molecule has 4 heteroatoms. The average Bonchev–Trinajstić information content (AvgIpc) is 2.38. The zero-order valence-electron chi connectivity index (χ0n) is 9.17. The molecule has 0 radical (unpaired) electrons. The van der Waals surface area contributed by atoms with Crippen molar-refractivity contribution in [2.24, 2.45) is 0 Å². The Balaban J connectivity index is 0.00000162. The third-order valence-electron chi connectivity index (χ3n) is 2.35. The zero-order chi connectivity index (χ0) is 12.1. The van der Waals surface area contributed by atoms with Gasteiger partial charge in [0.05, 0.1) is 5.56 Å². The molecule has 0 atom stereocenters. The van der Waals surface area contributed by atoms with Gasteiger partial charge in [-0.15, -0.1) is 0 Å². The van der Waals surface area contributed by atoms with Crippen molar-refractivity contribution in [3.8, 4) is 5.75 Å². The summed E-state index contributed by atoms with van der Waals surface area (Å²) in [6.45, 7) is 0.479. The van der Waals surface area contributed by atoms with E-state index in [0.717, 1.165) is 5.56 Å². The van der Waals surface area contributed by atoms with Crippen LogP contribution >= 0.6 is 0 Å². The van der Waals surface area contributed by atoms with Crippen molar-refractivity contribution in [2.45, 2.75) is 6.61 Å². The maximum atomic E-state index is 10.7. The molecule has 0 bridgehead atoms. The second-order valence-corrected chi connectivity index (χ2v) is 3.60. The topological polar surface area (TPSA) is 46.5 Å². The van der Waals surface area contributed by atoms with Crippen molar-refractivity contribution in [1.29, 1.82) is 0 Å². The quantitative estimate of drug-likeness (QED) is 0.865. The molecule has 0 saturated heterocycles. The van der Waals surface area contributed by atoms with E-state index >= 15 is 0 Å². The fourth-order valence-corrected chi connectivity index (χ4v) is 1.43.